The highest BCUT2D eigenvalue weighted by Crippen LogP contribution is 2.30. The van der Waals surface area contributed by atoms with Gasteiger partial charge >= 0.3 is 0 Å². The molecule has 2 aromatic rings. The summed E-state index contributed by atoms with van der Waals surface area (Å²) in [5.41, 5.74) is 1.54. The van der Waals surface area contributed by atoms with Crippen molar-refractivity contribution in [2.45, 2.75) is 45.3 Å². The third kappa shape index (κ3) is 6.08. The number of benzene rings is 2. The summed E-state index contributed by atoms with van der Waals surface area (Å²) in [5, 5.41) is 12.5. The Labute approximate surface area is 182 Å². The first-order valence-corrected chi connectivity index (χ1v) is 10.5. The normalized spacial score (nSPS) is 18.7. The molecule has 31 heavy (non-hydrogen) atoms. The topological polar surface area (TPSA) is 71.3 Å². The van der Waals surface area contributed by atoms with E-state index in [1.165, 1.54) is 25.7 Å². The highest BCUT2D eigenvalue weighted by molar-refractivity contribution is 6.01. The Morgan fingerprint density at radius 2 is 1.94 bits per heavy atom. The van der Waals surface area contributed by atoms with Gasteiger partial charge in [0.25, 0.3) is 5.91 Å². The Bertz CT molecular complexity index is 979. The van der Waals surface area contributed by atoms with Crippen LogP contribution in [0.15, 0.2) is 48.0 Å². The van der Waals surface area contributed by atoms with E-state index in [2.05, 4.69) is 12.2 Å². The number of hydrogen-bond donors (Lipinski definition) is 1. The van der Waals surface area contributed by atoms with Gasteiger partial charge < -0.3 is 14.8 Å². The van der Waals surface area contributed by atoms with Gasteiger partial charge in [-0.2, -0.15) is 5.26 Å². The molecule has 5 nitrogen and oxygen atoms in total. The van der Waals surface area contributed by atoms with Gasteiger partial charge in [0.05, 0.1) is 7.11 Å². The Morgan fingerprint density at radius 3 is 2.61 bits per heavy atom. The lowest BCUT2D eigenvalue weighted by Gasteiger charge is -2.29. The van der Waals surface area contributed by atoms with Crippen molar-refractivity contribution >= 4 is 12.0 Å². The maximum atomic E-state index is 13.0. The molecule has 2 atom stereocenters. The van der Waals surface area contributed by atoms with E-state index in [1.54, 1.807) is 36.4 Å². The van der Waals surface area contributed by atoms with Gasteiger partial charge in [0.2, 0.25) is 0 Å². The first-order valence-electron chi connectivity index (χ1n) is 10.5. The molecule has 3 rings (SSSR count). The predicted molar refractivity (Wildman–Crippen MR) is 117 cm³/mol. The van der Waals surface area contributed by atoms with E-state index in [0.29, 0.717) is 23.0 Å². The van der Waals surface area contributed by atoms with Crippen LogP contribution >= 0.6 is 0 Å². The van der Waals surface area contributed by atoms with Crippen LogP contribution in [0.5, 0.6) is 11.5 Å². The number of rotatable bonds is 7. The van der Waals surface area contributed by atoms with Crippen LogP contribution in [-0.4, -0.2) is 19.1 Å². The molecule has 0 aromatic heterocycles. The highest BCUT2D eigenvalue weighted by Gasteiger charge is 2.24. The van der Waals surface area contributed by atoms with Gasteiger partial charge in [-0.15, -0.1) is 0 Å². The molecule has 0 bridgehead atoms. The zero-order chi connectivity index (χ0) is 22.2. The van der Waals surface area contributed by atoms with Crippen molar-refractivity contribution < 1.29 is 18.7 Å². The molecular formula is C25H27FN2O3. The van der Waals surface area contributed by atoms with Crippen molar-refractivity contribution in [2.24, 2.45) is 5.92 Å². The first kappa shape index (κ1) is 22.4. The van der Waals surface area contributed by atoms with Crippen LogP contribution in [0.1, 0.15) is 43.7 Å². The fraction of sp³-hybridized carbons (Fsp3) is 0.360. The maximum Gasteiger partial charge on any atom is 0.262 e. The molecule has 1 N–H and O–H groups in total. The minimum atomic E-state index is -0.350. The van der Waals surface area contributed by atoms with Crippen molar-refractivity contribution in [3.63, 3.8) is 0 Å². The summed E-state index contributed by atoms with van der Waals surface area (Å²) in [5.74, 6) is 0.761. The fourth-order valence-electron chi connectivity index (χ4n) is 3.73. The number of nitrogens with zero attached hydrogens (tertiary/aromatic N) is 1. The molecular weight excluding hydrogens is 395 g/mol. The predicted octanol–water partition coefficient (Wildman–Crippen LogP) is 5.02. The van der Waals surface area contributed by atoms with E-state index >= 15 is 0 Å². The minimum Gasteiger partial charge on any atom is -0.493 e. The number of carbonyl (C=O) groups is 1. The van der Waals surface area contributed by atoms with Crippen LogP contribution in [-0.2, 0) is 11.4 Å². The Hall–Kier alpha value is -3.33. The summed E-state index contributed by atoms with van der Waals surface area (Å²) >= 11 is 0. The summed E-state index contributed by atoms with van der Waals surface area (Å²) in [7, 11) is 1.52. The number of hydrogen-bond acceptors (Lipinski definition) is 4. The van der Waals surface area contributed by atoms with Crippen LogP contribution in [0, 0.1) is 23.1 Å². The number of halogens is 1. The van der Waals surface area contributed by atoms with Crippen molar-refractivity contribution in [3.8, 4) is 17.6 Å². The maximum absolute atomic E-state index is 13.0. The number of carbonyl (C=O) groups excluding carboxylic acids is 1. The lowest BCUT2D eigenvalue weighted by Crippen LogP contribution is -2.41. The van der Waals surface area contributed by atoms with E-state index in [1.807, 2.05) is 6.07 Å². The largest absolute Gasteiger partial charge is 0.493 e. The zero-order valence-corrected chi connectivity index (χ0v) is 17.9. The Kier molecular flexibility index (Phi) is 7.66. The average Bonchev–Trinajstić information content (AvgIpc) is 2.78. The molecule has 1 saturated carbocycles. The lowest BCUT2D eigenvalue weighted by atomic mass is 9.86. The van der Waals surface area contributed by atoms with Crippen LogP contribution in [0.3, 0.4) is 0 Å². The SMILES string of the molecule is COc1cc(/C=C(\C#N)C(=O)N[C@@H]2CCCC[C@H]2C)ccc1OCc1ccc(F)cc1. The van der Waals surface area contributed by atoms with Crippen molar-refractivity contribution in [1.29, 1.82) is 5.26 Å². The minimum absolute atomic E-state index is 0.0554. The zero-order valence-electron chi connectivity index (χ0n) is 17.9. The van der Waals surface area contributed by atoms with Gasteiger partial charge in [-0.1, -0.05) is 38.0 Å². The second-order valence-electron chi connectivity index (χ2n) is 7.84. The molecule has 0 spiro atoms. The Morgan fingerprint density at radius 1 is 1.19 bits per heavy atom. The van der Waals surface area contributed by atoms with Crippen LogP contribution in [0.25, 0.3) is 6.08 Å². The Balaban J connectivity index is 1.70. The molecule has 2 aromatic carbocycles. The highest BCUT2D eigenvalue weighted by atomic mass is 19.1. The number of methoxy groups -OCH3 is 1. The van der Waals surface area contributed by atoms with Crippen LogP contribution < -0.4 is 14.8 Å². The van der Waals surface area contributed by atoms with Gasteiger partial charge in [-0.25, -0.2) is 4.39 Å². The molecule has 0 saturated heterocycles. The second kappa shape index (κ2) is 10.6. The molecule has 1 fully saturated rings. The van der Waals surface area contributed by atoms with Crippen LogP contribution in [0.4, 0.5) is 4.39 Å². The third-order valence-electron chi connectivity index (χ3n) is 5.60. The molecule has 1 aliphatic rings. The van der Waals surface area contributed by atoms with Gasteiger partial charge in [0.15, 0.2) is 11.5 Å². The number of nitrogens with one attached hydrogen (secondary N) is 1. The van der Waals surface area contributed by atoms with Gasteiger partial charge in [0.1, 0.15) is 24.1 Å². The molecule has 0 heterocycles. The second-order valence-corrected chi connectivity index (χ2v) is 7.84. The fourth-order valence-corrected chi connectivity index (χ4v) is 3.73. The number of nitriles is 1. The van der Waals surface area contributed by atoms with Crippen molar-refractivity contribution in [2.75, 3.05) is 7.11 Å². The standard InChI is InChI=1S/C25H27FN2O3/c1-17-5-3-4-6-22(17)28-25(29)20(15-27)13-19-9-12-23(24(14-19)30-2)31-16-18-7-10-21(26)11-8-18/h7-14,17,22H,3-6,16H2,1-2H3,(H,28,29)/b20-13+/t17-,22-/m1/s1. The molecule has 1 amide bonds. The lowest BCUT2D eigenvalue weighted by molar-refractivity contribution is -0.118. The molecule has 162 valence electrons. The van der Waals surface area contributed by atoms with Gasteiger partial charge in [-0.05, 0) is 60.2 Å². The molecule has 6 heteroatoms. The van der Waals surface area contributed by atoms with E-state index in [4.69, 9.17) is 9.47 Å². The van der Waals surface area contributed by atoms with Crippen molar-refractivity contribution in [3.05, 3.63) is 65.0 Å². The summed E-state index contributed by atoms with van der Waals surface area (Å²) < 4.78 is 24.2. The third-order valence-corrected chi connectivity index (χ3v) is 5.60. The van der Waals surface area contributed by atoms with E-state index < -0.39 is 0 Å². The molecule has 0 aliphatic heterocycles. The summed E-state index contributed by atoms with van der Waals surface area (Å²) in [6.07, 6.45) is 5.86. The van der Waals surface area contributed by atoms with E-state index in [-0.39, 0.29) is 29.9 Å². The van der Waals surface area contributed by atoms with Gasteiger partial charge in [-0.3, -0.25) is 4.79 Å². The van der Waals surface area contributed by atoms with E-state index in [0.717, 1.165) is 24.8 Å². The summed E-state index contributed by atoms with van der Waals surface area (Å²) in [4.78, 5) is 12.6. The number of ether oxygens (including phenoxy) is 2. The molecule has 0 radical (unpaired) electrons. The molecule has 1 aliphatic carbocycles. The first-order chi connectivity index (χ1) is 15.0. The average molecular weight is 423 g/mol. The van der Waals surface area contributed by atoms with Crippen LogP contribution in [0.2, 0.25) is 0 Å². The molecule has 0 unspecified atom stereocenters. The quantitative estimate of drug-likeness (QED) is 0.503. The van der Waals surface area contributed by atoms with Crippen molar-refractivity contribution in [1.82, 2.24) is 5.32 Å². The smallest absolute Gasteiger partial charge is 0.262 e. The number of amides is 1. The van der Waals surface area contributed by atoms with Gasteiger partial charge in [0, 0.05) is 6.04 Å². The monoisotopic (exact) mass is 422 g/mol. The summed E-state index contributed by atoms with van der Waals surface area (Å²) in [6, 6.07) is 13.4. The summed E-state index contributed by atoms with van der Waals surface area (Å²) in [6.45, 7) is 2.40. The van der Waals surface area contributed by atoms with E-state index in [9.17, 15) is 14.4 Å².